The average molecular weight is 247 g/mol. The standard InChI is InChI=1S/C16H25NO/c1-11-7-12(2)9-13(8-11)14(16(3,4)5)10-15(18)17-6/h7-9,14H,10H2,1-6H3,(H,17,18). The third-order valence-electron chi connectivity index (χ3n) is 3.36. The minimum atomic E-state index is 0.0761. The van der Waals surface area contributed by atoms with Gasteiger partial charge in [0, 0.05) is 13.5 Å². The van der Waals surface area contributed by atoms with Crippen LogP contribution in [0.5, 0.6) is 0 Å². The van der Waals surface area contributed by atoms with E-state index in [4.69, 9.17) is 0 Å². The van der Waals surface area contributed by atoms with E-state index in [9.17, 15) is 4.79 Å². The molecule has 0 aromatic heterocycles. The van der Waals surface area contributed by atoms with E-state index in [0.29, 0.717) is 6.42 Å². The fraction of sp³-hybridized carbons (Fsp3) is 0.562. The number of hydrogen-bond donors (Lipinski definition) is 1. The largest absolute Gasteiger partial charge is 0.359 e. The zero-order valence-electron chi connectivity index (χ0n) is 12.4. The lowest BCUT2D eigenvalue weighted by molar-refractivity contribution is -0.121. The SMILES string of the molecule is CNC(=O)CC(c1cc(C)cc(C)c1)C(C)(C)C. The summed E-state index contributed by atoms with van der Waals surface area (Å²) in [5.41, 5.74) is 3.86. The summed E-state index contributed by atoms with van der Waals surface area (Å²) in [5, 5.41) is 2.73. The van der Waals surface area contributed by atoms with Crippen molar-refractivity contribution >= 4 is 5.91 Å². The Hall–Kier alpha value is -1.31. The first-order chi connectivity index (χ1) is 8.24. The summed E-state index contributed by atoms with van der Waals surface area (Å²) < 4.78 is 0. The maximum absolute atomic E-state index is 11.7. The van der Waals surface area contributed by atoms with Crippen molar-refractivity contribution in [2.45, 2.75) is 47.0 Å². The number of carbonyl (C=O) groups is 1. The van der Waals surface area contributed by atoms with Crippen LogP contribution in [0.15, 0.2) is 18.2 Å². The van der Waals surface area contributed by atoms with Crippen molar-refractivity contribution in [1.82, 2.24) is 5.32 Å². The highest BCUT2D eigenvalue weighted by atomic mass is 16.1. The number of carbonyl (C=O) groups excluding carboxylic acids is 1. The van der Waals surface area contributed by atoms with Crippen LogP contribution >= 0.6 is 0 Å². The molecule has 1 rings (SSSR count). The molecule has 18 heavy (non-hydrogen) atoms. The predicted molar refractivity (Wildman–Crippen MR) is 76.8 cm³/mol. The predicted octanol–water partition coefficient (Wildman–Crippen LogP) is 3.57. The summed E-state index contributed by atoms with van der Waals surface area (Å²) in [6.07, 6.45) is 0.545. The van der Waals surface area contributed by atoms with Crippen LogP contribution in [0.3, 0.4) is 0 Å². The number of nitrogens with one attached hydrogen (secondary N) is 1. The van der Waals surface area contributed by atoms with Gasteiger partial charge >= 0.3 is 0 Å². The minimum Gasteiger partial charge on any atom is -0.359 e. The van der Waals surface area contributed by atoms with Gasteiger partial charge in [-0.3, -0.25) is 4.79 Å². The molecule has 0 spiro atoms. The third kappa shape index (κ3) is 3.86. The summed E-state index contributed by atoms with van der Waals surface area (Å²) in [6, 6.07) is 6.57. The van der Waals surface area contributed by atoms with Crippen molar-refractivity contribution < 1.29 is 4.79 Å². The van der Waals surface area contributed by atoms with Gasteiger partial charge in [-0.05, 0) is 30.7 Å². The van der Waals surface area contributed by atoms with Gasteiger partial charge in [0.1, 0.15) is 0 Å². The van der Waals surface area contributed by atoms with Gasteiger partial charge in [-0.15, -0.1) is 0 Å². The van der Waals surface area contributed by atoms with Gasteiger partial charge in [0.25, 0.3) is 0 Å². The quantitative estimate of drug-likeness (QED) is 0.869. The smallest absolute Gasteiger partial charge is 0.220 e. The fourth-order valence-electron chi connectivity index (χ4n) is 2.42. The zero-order chi connectivity index (χ0) is 13.9. The summed E-state index contributed by atoms with van der Waals surface area (Å²) in [7, 11) is 1.70. The van der Waals surface area contributed by atoms with Crippen molar-refractivity contribution in [3.63, 3.8) is 0 Å². The van der Waals surface area contributed by atoms with Crippen molar-refractivity contribution in [3.8, 4) is 0 Å². The van der Waals surface area contributed by atoms with Crippen LogP contribution < -0.4 is 5.32 Å². The van der Waals surface area contributed by atoms with Crippen LogP contribution in [0.4, 0.5) is 0 Å². The van der Waals surface area contributed by atoms with E-state index >= 15 is 0 Å². The Balaban J connectivity index is 3.13. The monoisotopic (exact) mass is 247 g/mol. The van der Waals surface area contributed by atoms with Gasteiger partial charge in [-0.1, -0.05) is 50.1 Å². The highest BCUT2D eigenvalue weighted by Crippen LogP contribution is 2.38. The molecule has 1 aromatic rings. The van der Waals surface area contributed by atoms with Gasteiger partial charge in [0.15, 0.2) is 0 Å². The average Bonchev–Trinajstić information content (AvgIpc) is 2.22. The lowest BCUT2D eigenvalue weighted by Crippen LogP contribution is -2.27. The first-order valence-electron chi connectivity index (χ1n) is 6.53. The normalized spacial score (nSPS) is 13.2. The zero-order valence-corrected chi connectivity index (χ0v) is 12.4. The minimum absolute atomic E-state index is 0.0761. The molecule has 1 amide bonds. The van der Waals surface area contributed by atoms with E-state index in [1.54, 1.807) is 7.05 Å². The molecule has 0 heterocycles. The Labute approximate surface area is 111 Å². The van der Waals surface area contributed by atoms with E-state index in [2.05, 4.69) is 58.1 Å². The molecular weight excluding hydrogens is 222 g/mol. The highest BCUT2D eigenvalue weighted by Gasteiger charge is 2.28. The molecule has 1 aromatic carbocycles. The van der Waals surface area contributed by atoms with E-state index < -0.39 is 0 Å². The van der Waals surface area contributed by atoms with Gasteiger partial charge in [0.2, 0.25) is 5.91 Å². The molecule has 2 heteroatoms. The molecule has 1 unspecified atom stereocenters. The van der Waals surface area contributed by atoms with Crippen molar-refractivity contribution in [2.24, 2.45) is 5.41 Å². The van der Waals surface area contributed by atoms with E-state index in [1.807, 2.05) is 0 Å². The molecule has 0 aliphatic heterocycles. The second-order valence-electron chi connectivity index (χ2n) is 6.22. The van der Waals surface area contributed by atoms with Crippen molar-refractivity contribution in [2.75, 3.05) is 7.05 Å². The van der Waals surface area contributed by atoms with Crippen LogP contribution in [-0.2, 0) is 4.79 Å². The van der Waals surface area contributed by atoms with E-state index in [-0.39, 0.29) is 17.2 Å². The Morgan fingerprint density at radius 3 is 2.06 bits per heavy atom. The Morgan fingerprint density at radius 1 is 1.17 bits per heavy atom. The number of aryl methyl sites for hydroxylation is 2. The van der Waals surface area contributed by atoms with Crippen molar-refractivity contribution in [3.05, 3.63) is 34.9 Å². The second kappa shape index (κ2) is 5.55. The second-order valence-corrected chi connectivity index (χ2v) is 6.22. The van der Waals surface area contributed by atoms with Crippen LogP contribution in [0.2, 0.25) is 0 Å². The Morgan fingerprint density at radius 2 is 1.67 bits per heavy atom. The van der Waals surface area contributed by atoms with Gasteiger partial charge in [-0.2, -0.15) is 0 Å². The number of rotatable bonds is 3. The molecular formula is C16H25NO. The van der Waals surface area contributed by atoms with E-state index in [0.717, 1.165) is 0 Å². The van der Waals surface area contributed by atoms with Gasteiger partial charge in [0.05, 0.1) is 0 Å². The van der Waals surface area contributed by atoms with Crippen LogP contribution in [0, 0.1) is 19.3 Å². The molecule has 1 atom stereocenters. The summed E-state index contributed by atoms with van der Waals surface area (Å²) >= 11 is 0. The molecule has 0 aliphatic carbocycles. The Bertz CT molecular complexity index is 409. The maximum atomic E-state index is 11.7. The Kier molecular flexibility index (Phi) is 4.55. The first-order valence-corrected chi connectivity index (χ1v) is 6.53. The fourth-order valence-corrected chi connectivity index (χ4v) is 2.42. The number of amides is 1. The molecule has 0 bridgehead atoms. The number of benzene rings is 1. The topological polar surface area (TPSA) is 29.1 Å². The maximum Gasteiger partial charge on any atom is 0.220 e. The van der Waals surface area contributed by atoms with Crippen LogP contribution in [0.1, 0.15) is 49.8 Å². The van der Waals surface area contributed by atoms with Crippen LogP contribution in [-0.4, -0.2) is 13.0 Å². The molecule has 0 aliphatic rings. The van der Waals surface area contributed by atoms with Gasteiger partial charge in [-0.25, -0.2) is 0 Å². The molecule has 0 saturated heterocycles. The molecule has 0 saturated carbocycles. The van der Waals surface area contributed by atoms with Crippen LogP contribution in [0.25, 0.3) is 0 Å². The molecule has 100 valence electrons. The van der Waals surface area contributed by atoms with Gasteiger partial charge < -0.3 is 5.32 Å². The van der Waals surface area contributed by atoms with Crippen molar-refractivity contribution in [1.29, 1.82) is 0 Å². The number of hydrogen-bond acceptors (Lipinski definition) is 1. The molecule has 0 fully saturated rings. The summed E-state index contributed by atoms with van der Waals surface area (Å²) in [5.74, 6) is 0.352. The lowest BCUT2D eigenvalue weighted by atomic mass is 9.74. The van der Waals surface area contributed by atoms with E-state index in [1.165, 1.54) is 16.7 Å². The molecule has 2 nitrogen and oxygen atoms in total. The summed E-state index contributed by atoms with van der Waals surface area (Å²) in [4.78, 5) is 11.7. The first kappa shape index (κ1) is 14.7. The lowest BCUT2D eigenvalue weighted by Gasteiger charge is -2.31. The molecule has 1 N–H and O–H groups in total. The summed E-state index contributed by atoms with van der Waals surface area (Å²) in [6.45, 7) is 10.8. The third-order valence-corrected chi connectivity index (χ3v) is 3.36. The molecule has 0 radical (unpaired) electrons. The highest BCUT2D eigenvalue weighted by molar-refractivity contribution is 5.76.